The Morgan fingerprint density at radius 2 is 2.00 bits per heavy atom. The monoisotopic (exact) mass is 365 g/mol. The summed E-state index contributed by atoms with van der Waals surface area (Å²) in [6.45, 7) is 4.12. The van der Waals surface area contributed by atoms with Gasteiger partial charge in [-0.05, 0) is 37.4 Å². The average molecular weight is 365 g/mol. The zero-order valence-electron chi connectivity index (χ0n) is 15.6. The molecule has 3 aromatic rings. The Morgan fingerprint density at radius 1 is 1.11 bits per heavy atom. The standard InChI is InChI=1S/C21H27N5O/c27-14-9-18-15-26(21-19-8-10-22-20(19)23-16-24-21)13-12-25(18)11-4-7-17-5-2-1-3-6-17/h1-3,5-6,8,10,16,18,27H,4,7,9,11-15H2,(H,22,23,24)/t18-/m0/s1. The molecule has 6 nitrogen and oxygen atoms in total. The molecule has 0 amide bonds. The third kappa shape index (κ3) is 4.12. The van der Waals surface area contributed by atoms with E-state index in [1.165, 1.54) is 5.56 Å². The topological polar surface area (TPSA) is 68.3 Å². The van der Waals surface area contributed by atoms with Crippen LogP contribution >= 0.6 is 0 Å². The molecule has 0 aliphatic carbocycles. The number of rotatable bonds is 7. The SMILES string of the molecule is OCC[C@H]1CN(c2ncnc3[nH]ccc23)CCN1CCCc1ccccc1. The van der Waals surface area contributed by atoms with Crippen molar-refractivity contribution >= 4 is 16.9 Å². The summed E-state index contributed by atoms with van der Waals surface area (Å²) in [6, 6.07) is 13.1. The summed E-state index contributed by atoms with van der Waals surface area (Å²) in [5.41, 5.74) is 2.27. The number of fused-ring (bicyclic) bond motifs is 1. The number of benzene rings is 1. The first-order chi connectivity index (χ1) is 13.3. The van der Waals surface area contributed by atoms with Crippen LogP contribution in [0.25, 0.3) is 11.0 Å². The number of aromatic amines is 1. The molecule has 1 aliphatic rings. The van der Waals surface area contributed by atoms with E-state index < -0.39 is 0 Å². The summed E-state index contributed by atoms with van der Waals surface area (Å²) in [7, 11) is 0. The minimum absolute atomic E-state index is 0.219. The van der Waals surface area contributed by atoms with Crippen LogP contribution in [0.2, 0.25) is 0 Å². The Hall–Kier alpha value is -2.44. The minimum Gasteiger partial charge on any atom is -0.396 e. The van der Waals surface area contributed by atoms with Crippen LogP contribution in [-0.4, -0.2) is 63.8 Å². The summed E-state index contributed by atoms with van der Waals surface area (Å²) >= 11 is 0. The molecule has 142 valence electrons. The Morgan fingerprint density at radius 3 is 2.85 bits per heavy atom. The molecule has 1 aromatic carbocycles. The van der Waals surface area contributed by atoms with E-state index in [4.69, 9.17) is 0 Å². The number of hydrogen-bond donors (Lipinski definition) is 2. The highest BCUT2D eigenvalue weighted by Crippen LogP contribution is 2.25. The second-order valence-corrected chi connectivity index (χ2v) is 7.17. The average Bonchev–Trinajstić information content (AvgIpc) is 3.19. The van der Waals surface area contributed by atoms with Gasteiger partial charge in [0.25, 0.3) is 0 Å². The fourth-order valence-electron chi connectivity index (χ4n) is 4.04. The van der Waals surface area contributed by atoms with Crippen LogP contribution in [-0.2, 0) is 6.42 Å². The second-order valence-electron chi connectivity index (χ2n) is 7.17. The summed E-state index contributed by atoms with van der Waals surface area (Å²) < 4.78 is 0. The highest BCUT2D eigenvalue weighted by atomic mass is 16.3. The molecule has 3 heterocycles. The van der Waals surface area contributed by atoms with Gasteiger partial charge < -0.3 is 15.0 Å². The Bertz CT molecular complexity index is 850. The Kier molecular flexibility index (Phi) is 5.65. The molecule has 0 unspecified atom stereocenters. The highest BCUT2D eigenvalue weighted by Gasteiger charge is 2.28. The smallest absolute Gasteiger partial charge is 0.142 e. The lowest BCUT2D eigenvalue weighted by Gasteiger charge is -2.42. The molecule has 1 saturated heterocycles. The molecule has 0 radical (unpaired) electrons. The second kappa shape index (κ2) is 8.50. The van der Waals surface area contributed by atoms with Crippen molar-refractivity contribution in [2.24, 2.45) is 0 Å². The highest BCUT2D eigenvalue weighted by molar-refractivity contribution is 5.87. The molecule has 6 heteroatoms. The van der Waals surface area contributed by atoms with E-state index in [0.717, 1.165) is 62.3 Å². The maximum absolute atomic E-state index is 9.56. The number of H-pyrrole nitrogens is 1. The fraction of sp³-hybridized carbons (Fsp3) is 0.429. The summed E-state index contributed by atoms with van der Waals surface area (Å²) in [5.74, 6) is 0.994. The van der Waals surface area contributed by atoms with E-state index in [9.17, 15) is 5.11 Å². The number of nitrogens with zero attached hydrogens (tertiary/aromatic N) is 4. The summed E-state index contributed by atoms with van der Waals surface area (Å²) in [6.07, 6.45) is 6.57. The van der Waals surface area contributed by atoms with Crippen LogP contribution in [0.5, 0.6) is 0 Å². The van der Waals surface area contributed by atoms with Crippen LogP contribution in [0.15, 0.2) is 48.9 Å². The summed E-state index contributed by atoms with van der Waals surface area (Å²) in [5, 5.41) is 10.6. The van der Waals surface area contributed by atoms with Crippen molar-refractivity contribution in [3.8, 4) is 0 Å². The van der Waals surface area contributed by atoms with E-state index in [2.05, 4.69) is 55.1 Å². The maximum atomic E-state index is 9.56. The van der Waals surface area contributed by atoms with E-state index in [0.29, 0.717) is 6.04 Å². The van der Waals surface area contributed by atoms with Gasteiger partial charge >= 0.3 is 0 Å². The van der Waals surface area contributed by atoms with E-state index in [-0.39, 0.29) is 6.61 Å². The zero-order chi connectivity index (χ0) is 18.5. The molecule has 27 heavy (non-hydrogen) atoms. The van der Waals surface area contributed by atoms with Gasteiger partial charge in [-0.3, -0.25) is 4.90 Å². The Labute approximate surface area is 159 Å². The van der Waals surface area contributed by atoms with Gasteiger partial charge in [-0.2, -0.15) is 0 Å². The third-order valence-corrected chi connectivity index (χ3v) is 5.45. The largest absolute Gasteiger partial charge is 0.396 e. The van der Waals surface area contributed by atoms with Crippen LogP contribution in [0.1, 0.15) is 18.4 Å². The van der Waals surface area contributed by atoms with Gasteiger partial charge in [-0.25, -0.2) is 9.97 Å². The molecular formula is C21H27N5O. The van der Waals surface area contributed by atoms with Crippen molar-refractivity contribution in [2.45, 2.75) is 25.3 Å². The molecular weight excluding hydrogens is 338 g/mol. The lowest BCUT2D eigenvalue weighted by molar-refractivity contribution is 0.141. The van der Waals surface area contributed by atoms with Crippen molar-refractivity contribution < 1.29 is 5.11 Å². The number of aryl methyl sites for hydroxylation is 1. The predicted molar refractivity (Wildman–Crippen MR) is 108 cm³/mol. The fourth-order valence-corrected chi connectivity index (χ4v) is 4.04. The molecule has 4 rings (SSSR count). The molecule has 0 spiro atoms. The number of aliphatic hydroxyl groups excluding tert-OH is 1. The first kappa shape index (κ1) is 17.9. The minimum atomic E-state index is 0.219. The van der Waals surface area contributed by atoms with Gasteiger partial charge in [0.1, 0.15) is 17.8 Å². The molecule has 2 N–H and O–H groups in total. The third-order valence-electron chi connectivity index (χ3n) is 5.45. The zero-order valence-corrected chi connectivity index (χ0v) is 15.6. The van der Waals surface area contributed by atoms with Gasteiger partial charge in [0.05, 0.1) is 5.39 Å². The van der Waals surface area contributed by atoms with Crippen molar-refractivity contribution in [2.75, 3.05) is 37.7 Å². The number of nitrogens with one attached hydrogen (secondary N) is 1. The van der Waals surface area contributed by atoms with Gasteiger partial charge in [-0.15, -0.1) is 0 Å². The maximum Gasteiger partial charge on any atom is 0.142 e. The number of hydrogen-bond acceptors (Lipinski definition) is 5. The molecule has 1 fully saturated rings. The van der Waals surface area contributed by atoms with Gasteiger partial charge in [0, 0.05) is 38.5 Å². The van der Waals surface area contributed by atoms with E-state index >= 15 is 0 Å². The first-order valence-corrected chi connectivity index (χ1v) is 9.77. The van der Waals surface area contributed by atoms with Crippen molar-refractivity contribution in [1.82, 2.24) is 19.9 Å². The number of aliphatic hydroxyl groups is 1. The molecule has 0 saturated carbocycles. The number of aromatic nitrogens is 3. The van der Waals surface area contributed by atoms with Crippen LogP contribution in [0, 0.1) is 0 Å². The molecule has 2 aromatic heterocycles. The van der Waals surface area contributed by atoms with Crippen molar-refractivity contribution in [3.05, 3.63) is 54.5 Å². The molecule has 0 bridgehead atoms. The number of piperazine rings is 1. The van der Waals surface area contributed by atoms with Crippen molar-refractivity contribution in [3.63, 3.8) is 0 Å². The normalized spacial score (nSPS) is 18.3. The van der Waals surface area contributed by atoms with E-state index in [1.54, 1.807) is 6.33 Å². The summed E-state index contributed by atoms with van der Waals surface area (Å²) in [4.78, 5) is 16.9. The van der Waals surface area contributed by atoms with Gasteiger partial charge in [0.2, 0.25) is 0 Å². The van der Waals surface area contributed by atoms with Crippen LogP contribution < -0.4 is 4.90 Å². The quantitative estimate of drug-likeness (QED) is 0.673. The van der Waals surface area contributed by atoms with Crippen molar-refractivity contribution in [1.29, 1.82) is 0 Å². The lowest BCUT2D eigenvalue weighted by Crippen LogP contribution is -2.54. The van der Waals surface area contributed by atoms with Gasteiger partial charge in [-0.1, -0.05) is 30.3 Å². The van der Waals surface area contributed by atoms with Gasteiger partial charge in [0.15, 0.2) is 0 Å². The lowest BCUT2D eigenvalue weighted by atomic mass is 10.1. The predicted octanol–water partition coefficient (Wildman–Crippen LogP) is 2.46. The molecule has 1 atom stereocenters. The Balaban J connectivity index is 1.40. The van der Waals surface area contributed by atoms with E-state index in [1.807, 2.05) is 12.3 Å². The van der Waals surface area contributed by atoms with Crippen LogP contribution in [0.3, 0.4) is 0 Å². The number of anilines is 1. The molecule has 1 aliphatic heterocycles. The van der Waals surface area contributed by atoms with Crippen LogP contribution in [0.4, 0.5) is 5.82 Å². The first-order valence-electron chi connectivity index (χ1n) is 9.77.